The summed E-state index contributed by atoms with van der Waals surface area (Å²) < 4.78 is 32.2. The van der Waals surface area contributed by atoms with Crippen molar-refractivity contribution < 1.29 is 8.42 Å². The Morgan fingerprint density at radius 3 is 2.22 bits per heavy atom. The first kappa shape index (κ1) is 21.0. The van der Waals surface area contributed by atoms with E-state index in [-0.39, 0.29) is 9.93 Å². The smallest absolute Gasteiger partial charge is 0.245 e. The molecule has 0 radical (unpaired) electrons. The van der Waals surface area contributed by atoms with Gasteiger partial charge in [0.05, 0.1) is 21.7 Å². The molecule has 3 atom stereocenters. The van der Waals surface area contributed by atoms with Crippen LogP contribution in [0.3, 0.4) is 0 Å². The number of nitrogens with zero attached hydrogens (tertiary/aromatic N) is 4. The van der Waals surface area contributed by atoms with Crippen LogP contribution in [0.2, 0.25) is 0 Å². The molecule has 2 bridgehead atoms. The molecule has 8 nitrogen and oxygen atoms in total. The van der Waals surface area contributed by atoms with Gasteiger partial charge in [-0.25, -0.2) is 31.9 Å². The topological polar surface area (TPSA) is 86.3 Å². The van der Waals surface area contributed by atoms with Gasteiger partial charge >= 0.3 is 11.4 Å². The van der Waals surface area contributed by atoms with Crippen molar-refractivity contribution in [2.75, 3.05) is 0 Å². The number of sulfonamides is 1. The fourth-order valence-electron chi connectivity index (χ4n) is 4.54. The van der Waals surface area contributed by atoms with Gasteiger partial charge in [-0.2, -0.15) is 4.31 Å². The molecule has 0 amide bonds. The van der Waals surface area contributed by atoms with Gasteiger partial charge in [0.25, 0.3) is 0 Å². The van der Waals surface area contributed by atoms with Crippen LogP contribution in [0.1, 0.15) is 31.1 Å². The maximum Gasteiger partial charge on any atom is 0.353 e. The zero-order valence-corrected chi connectivity index (χ0v) is 19.0. The van der Waals surface area contributed by atoms with E-state index in [0.717, 1.165) is 10.1 Å². The lowest BCUT2D eigenvalue weighted by Crippen LogP contribution is -2.46. The molecule has 3 aliphatic heterocycles. The summed E-state index contributed by atoms with van der Waals surface area (Å²) >= 11 is 6.57. The average Bonchev–Trinajstić information content (AvgIpc) is 2.86. The molecule has 3 aliphatic rings. The van der Waals surface area contributed by atoms with E-state index in [9.17, 15) is 18.0 Å². The van der Waals surface area contributed by atoms with Crippen molar-refractivity contribution in [1.82, 2.24) is 18.2 Å². The minimum atomic E-state index is -4.02. The molecular weight excluding hydrogens is 452 g/mol. The molecule has 2 aromatic carbocycles. The Kier molecular flexibility index (Phi) is 4.81. The zero-order chi connectivity index (χ0) is 22.8. The van der Waals surface area contributed by atoms with Crippen molar-refractivity contribution in [3.63, 3.8) is 0 Å². The predicted molar refractivity (Wildman–Crippen MR) is 121 cm³/mol. The van der Waals surface area contributed by atoms with E-state index in [1.54, 1.807) is 55.5 Å². The van der Waals surface area contributed by atoms with Crippen LogP contribution >= 0.6 is 11.6 Å². The summed E-state index contributed by atoms with van der Waals surface area (Å²) in [7, 11) is -4.02. The van der Waals surface area contributed by atoms with Crippen LogP contribution < -0.4 is 11.4 Å². The minimum Gasteiger partial charge on any atom is -0.245 e. The minimum absolute atomic E-state index is 0.106. The molecule has 1 aromatic heterocycles. The van der Waals surface area contributed by atoms with Gasteiger partial charge < -0.3 is 0 Å². The maximum atomic E-state index is 13.7. The van der Waals surface area contributed by atoms with E-state index in [1.165, 1.54) is 25.8 Å². The molecule has 0 unspecified atom stereocenters. The summed E-state index contributed by atoms with van der Waals surface area (Å²) in [6.07, 6.45) is 0.821. The first-order valence-corrected chi connectivity index (χ1v) is 12.0. The summed E-state index contributed by atoms with van der Waals surface area (Å²) in [5, 5.41) is 0.197. The SMILES string of the molecule is Cc1ccc(S(=O)(=O)N2[C@@H](C)C[C@H]3C=C(Cl)[C@@H]2n2c(=O)n(-c4ccccc4)c(=O)n23)cc1. The monoisotopic (exact) mass is 472 g/mol. The molecule has 0 N–H and O–H groups in total. The van der Waals surface area contributed by atoms with E-state index >= 15 is 0 Å². The van der Waals surface area contributed by atoms with Gasteiger partial charge in [-0.1, -0.05) is 47.5 Å². The van der Waals surface area contributed by atoms with Crippen molar-refractivity contribution in [2.24, 2.45) is 0 Å². The van der Waals surface area contributed by atoms with Crippen LogP contribution in [0, 0.1) is 6.92 Å². The normalized spacial score (nSPS) is 23.0. The Morgan fingerprint density at radius 1 is 0.938 bits per heavy atom. The molecular formula is C22H21ClN4O4S. The molecule has 10 heteroatoms. The second kappa shape index (κ2) is 7.33. The summed E-state index contributed by atoms with van der Waals surface area (Å²) in [5.74, 6) is 0. The standard InChI is InChI=1S/C22H21ClN4O4S/c1-14-8-10-18(11-9-14)32(30,31)27-15(2)12-17-13-19(23)20(27)26-22(29)24(21(28)25(17)26)16-6-4-3-5-7-16/h3-11,13,15,17,20H,12H2,1-2H3/t15-,17-,20+/m0/s1. The second-order valence-electron chi connectivity index (χ2n) is 8.15. The van der Waals surface area contributed by atoms with Gasteiger partial charge in [0, 0.05) is 6.04 Å². The maximum absolute atomic E-state index is 13.7. The molecule has 0 spiro atoms. The quantitative estimate of drug-likeness (QED) is 0.586. The lowest BCUT2D eigenvalue weighted by Gasteiger charge is -2.33. The first-order chi connectivity index (χ1) is 15.2. The molecule has 0 saturated carbocycles. The fraction of sp³-hybridized carbons (Fsp3) is 0.273. The number of halogens is 1. The molecule has 0 saturated heterocycles. The Morgan fingerprint density at radius 2 is 1.56 bits per heavy atom. The predicted octanol–water partition coefficient (Wildman–Crippen LogP) is 2.77. The highest BCUT2D eigenvalue weighted by Crippen LogP contribution is 2.42. The third-order valence-corrected chi connectivity index (χ3v) is 8.32. The number of rotatable bonds is 3. The van der Waals surface area contributed by atoms with Crippen LogP contribution in [-0.4, -0.2) is 32.7 Å². The summed E-state index contributed by atoms with van der Waals surface area (Å²) in [6.45, 7) is 3.64. The molecule has 0 fully saturated rings. The largest absolute Gasteiger partial charge is 0.353 e. The number of hydrogen-bond donors (Lipinski definition) is 0. The number of para-hydroxylation sites is 1. The zero-order valence-electron chi connectivity index (χ0n) is 17.4. The number of aromatic nitrogens is 3. The van der Waals surface area contributed by atoms with Crippen LogP contribution in [0.5, 0.6) is 0 Å². The van der Waals surface area contributed by atoms with Crippen LogP contribution in [0.25, 0.3) is 5.69 Å². The highest BCUT2D eigenvalue weighted by atomic mass is 35.5. The number of benzene rings is 2. The van der Waals surface area contributed by atoms with Crippen molar-refractivity contribution in [3.8, 4) is 5.69 Å². The average molecular weight is 473 g/mol. The van der Waals surface area contributed by atoms with Crippen LogP contribution in [0.15, 0.2) is 80.2 Å². The fourth-order valence-corrected chi connectivity index (χ4v) is 6.69. The molecule has 166 valence electrons. The third kappa shape index (κ3) is 2.96. The highest BCUT2D eigenvalue weighted by Gasteiger charge is 2.47. The van der Waals surface area contributed by atoms with E-state index in [0.29, 0.717) is 12.1 Å². The molecule has 6 rings (SSSR count). The van der Waals surface area contributed by atoms with E-state index in [2.05, 4.69) is 0 Å². The second-order valence-corrected chi connectivity index (χ2v) is 10.4. The highest BCUT2D eigenvalue weighted by molar-refractivity contribution is 7.89. The van der Waals surface area contributed by atoms with E-state index in [4.69, 9.17) is 11.6 Å². The van der Waals surface area contributed by atoms with Gasteiger partial charge in [-0.05, 0) is 50.6 Å². The van der Waals surface area contributed by atoms with Crippen LogP contribution in [-0.2, 0) is 10.0 Å². The first-order valence-electron chi connectivity index (χ1n) is 10.2. The summed E-state index contributed by atoms with van der Waals surface area (Å²) in [5.41, 5.74) is 0.169. The van der Waals surface area contributed by atoms with Gasteiger partial charge in [0.1, 0.15) is 0 Å². The third-order valence-electron chi connectivity index (χ3n) is 6.02. The number of fused-ring (bicyclic) bond motifs is 2. The van der Waals surface area contributed by atoms with Gasteiger partial charge in [-0.3, -0.25) is 0 Å². The molecule has 4 heterocycles. The van der Waals surface area contributed by atoms with Gasteiger partial charge in [-0.15, -0.1) is 0 Å². The Bertz CT molecular complexity index is 1450. The molecule has 32 heavy (non-hydrogen) atoms. The van der Waals surface area contributed by atoms with Crippen LogP contribution in [0.4, 0.5) is 0 Å². The molecule has 3 aromatic rings. The lowest BCUT2D eigenvalue weighted by atomic mass is 10.1. The van der Waals surface area contributed by atoms with Crippen molar-refractivity contribution >= 4 is 21.6 Å². The number of aryl methyl sites for hydroxylation is 1. The lowest BCUT2D eigenvalue weighted by molar-refractivity contribution is 0.226. The van der Waals surface area contributed by atoms with Crippen molar-refractivity contribution in [1.29, 1.82) is 0 Å². The summed E-state index contributed by atoms with van der Waals surface area (Å²) in [4.78, 5) is 26.9. The summed E-state index contributed by atoms with van der Waals surface area (Å²) in [6, 6.07) is 14.0. The van der Waals surface area contributed by atoms with Crippen molar-refractivity contribution in [2.45, 2.75) is 43.4 Å². The van der Waals surface area contributed by atoms with Gasteiger partial charge in [0.2, 0.25) is 10.0 Å². The Hall–Kier alpha value is -2.88. The van der Waals surface area contributed by atoms with Gasteiger partial charge in [0.15, 0.2) is 6.17 Å². The molecule has 0 aliphatic carbocycles. The van der Waals surface area contributed by atoms with E-state index < -0.39 is 39.7 Å². The number of hydrogen-bond acceptors (Lipinski definition) is 4. The van der Waals surface area contributed by atoms with E-state index in [1.807, 2.05) is 6.92 Å². The van der Waals surface area contributed by atoms with Crippen molar-refractivity contribution in [3.05, 3.63) is 92.2 Å². The Labute approximate surface area is 189 Å². The Balaban J connectivity index is 1.75. The number of allylic oxidation sites excluding steroid dienone is 1.